The van der Waals surface area contributed by atoms with E-state index in [9.17, 15) is 0 Å². The molecule has 0 atom stereocenters. The largest absolute Gasteiger partial charge is 0.456 e. The third kappa shape index (κ3) is 5.39. The monoisotopic (exact) mass is 847 g/mol. The molecule has 0 bridgehead atoms. The molecule has 0 aliphatic heterocycles. The summed E-state index contributed by atoms with van der Waals surface area (Å²) in [6.45, 7) is 4.66. The predicted molar refractivity (Wildman–Crippen MR) is 266 cm³/mol. The second-order valence-electron chi connectivity index (χ2n) is 17.9. The molecule has 14 rings (SSSR count). The second kappa shape index (κ2) is 13.7. The minimum absolute atomic E-state index is 0.0770. The van der Waals surface area contributed by atoms with Crippen molar-refractivity contribution < 1.29 is 13.3 Å². The number of benzene rings is 9. The van der Waals surface area contributed by atoms with E-state index in [0.29, 0.717) is 17.5 Å². The van der Waals surface area contributed by atoms with E-state index in [1.165, 1.54) is 33.4 Å². The topological polar surface area (TPSA) is 78.1 Å². The van der Waals surface area contributed by atoms with Gasteiger partial charge in [-0.25, -0.2) is 15.0 Å². The van der Waals surface area contributed by atoms with Crippen LogP contribution >= 0.6 is 0 Å². The predicted octanol–water partition coefficient (Wildman–Crippen LogP) is 16.2. The van der Waals surface area contributed by atoms with Gasteiger partial charge in [0.2, 0.25) is 0 Å². The molecule has 6 heteroatoms. The molecule has 4 aromatic heterocycles. The smallest absolute Gasteiger partial charge is 0.167 e. The van der Waals surface area contributed by atoms with Crippen molar-refractivity contribution in [1.82, 2.24) is 15.0 Å². The molecule has 9 aromatic carbocycles. The first-order valence-electron chi connectivity index (χ1n) is 22.3. The van der Waals surface area contributed by atoms with Crippen molar-refractivity contribution in [3.05, 3.63) is 199 Å². The standard InChI is InChI=1S/C60H37N3O3/c1-60(2)47-22-6-3-15-38(47)39-29-27-37(33-48(39)60)35-14-9-13-34(31-35)36-28-30-51-46(32-36)55-44(20-12-26-53(55)65-51)58-61-57(43-19-11-25-52-54(43)42-17-5-8-24-50(42)64-52)62-59(63-58)45-21-10-18-41-40-16-4-7-23-49(40)66-56(41)45/h3-33H,1-2H3. The Balaban J connectivity index is 0.946. The molecule has 0 N–H and O–H groups in total. The first-order valence-corrected chi connectivity index (χ1v) is 22.3. The molecular formula is C60H37N3O3. The molecule has 66 heavy (non-hydrogen) atoms. The minimum atomic E-state index is -0.0770. The Labute approximate surface area is 378 Å². The molecule has 0 saturated carbocycles. The highest BCUT2D eigenvalue weighted by atomic mass is 16.3. The molecular weight excluding hydrogens is 811 g/mol. The highest BCUT2D eigenvalue weighted by Gasteiger charge is 2.35. The Hall–Kier alpha value is -8.61. The van der Waals surface area contributed by atoms with Crippen molar-refractivity contribution in [2.75, 3.05) is 0 Å². The molecule has 0 spiro atoms. The summed E-state index contributed by atoms with van der Waals surface area (Å²) in [5.74, 6) is 1.56. The normalized spacial score (nSPS) is 13.1. The molecule has 13 aromatic rings. The zero-order valence-corrected chi connectivity index (χ0v) is 36.0. The van der Waals surface area contributed by atoms with Gasteiger partial charge in [0.25, 0.3) is 0 Å². The van der Waals surface area contributed by atoms with Gasteiger partial charge < -0.3 is 13.3 Å². The van der Waals surface area contributed by atoms with Gasteiger partial charge in [-0.05, 0) is 99.1 Å². The Morgan fingerprint density at radius 3 is 1.56 bits per heavy atom. The summed E-state index contributed by atoms with van der Waals surface area (Å²) in [4.78, 5) is 15.9. The van der Waals surface area contributed by atoms with E-state index in [2.05, 4.69) is 129 Å². The average Bonchev–Trinajstić information content (AvgIpc) is 4.11. The first-order chi connectivity index (χ1) is 32.4. The van der Waals surface area contributed by atoms with Gasteiger partial charge in [0.05, 0.1) is 5.56 Å². The zero-order chi connectivity index (χ0) is 43.7. The number of para-hydroxylation sites is 3. The summed E-state index contributed by atoms with van der Waals surface area (Å²) in [5, 5.41) is 5.90. The Kier molecular flexibility index (Phi) is 7.64. The van der Waals surface area contributed by atoms with Gasteiger partial charge in [-0.2, -0.15) is 0 Å². The van der Waals surface area contributed by atoms with Crippen molar-refractivity contribution in [3.63, 3.8) is 0 Å². The maximum atomic E-state index is 6.61. The van der Waals surface area contributed by atoms with E-state index in [1.807, 2.05) is 72.8 Å². The van der Waals surface area contributed by atoms with Crippen LogP contribution in [0.25, 0.3) is 133 Å². The molecule has 0 amide bonds. The number of hydrogen-bond donors (Lipinski definition) is 0. The maximum absolute atomic E-state index is 6.61. The molecule has 0 radical (unpaired) electrons. The van der Waals surface area contributed by atoms with E-state index in [-0.39, 0.29) is 5.41 Å². The van der Waals surface area contributed by atoms with Crippen LogP contribution in [0.3, 0.4) is 0 Å². The summed E-state index contributed by atoms with van der Waals surface area (Å²) in [5.41, 5.74) is 17.0. The fourth-order valence-corrected chi connectivity index (χ4v) is 10.6. The summed E-state index contributed by atoms with van der Waals surface area (Å²) in [6, 6.07) is 65.5. The summed E-state index contributed by atoms with van der Waals surface area (Å²) >= 11 is 0. The highest BCUT2D eigenvalue weighted by molar-refractivity contribution is 6.14. The number of fused-ring (bicyclic) bond motifs is 12. The van der Waals surface area contributed by atoms with Crippen LogP contribution in [0.15, 0.2) is 201 Å². The third-order valence-electron chi connectivity index (χ3n) is 13.8. The molecule has 0 fully saturated rings. The van der Waals surface area contributed by atoms with Gasteiger partial charge in [0.1, 0.15) is 33.5 Å². The minimum Gasteiger partial charge on any atom is -0.456 e. The number of hydrogen-bond acceptors (Lipinski definition) is 6. The highest BCUT2D eigenvalue weighted by Crippen LogP contribution is 2.50. The first kappa shape index (κ1) is 36.8. The van der Waals surface area contributed by atoms with E-state index in [1.54, 1.807) is 0 Å². The quantitative estimate of drug-likeness (QED) is 0.172. The zero-order valence-electron chi connectivity index (χ0n) is 36.0. The van der Waals surface area contributed by atoms with Crippen molar-refractivity contribution in [2.45, 2.75) is 19.3 Å². The Morgan fingerprint density at radius 2 is 0.803 bits per heavy atom. The van der Waals surface area contributed by atoms with Gasteiger partial charge in [0.15, 0.2) is 17.5 Å². The average molecular weight is 848 g/mol. The lowest BCUT2D eigenvalue weighted by molar-refractivity contribution is 0.660. The van der Waals surface area contributed by atoms with Crippen LogP contribution < -0.4 is 0 Å². The van der Waals surface area contributed by atoms with Crippen LogP contribution in [0.1, 0.15) is 25.0 Å². The van der Waals surface area contributed by atoms with Crippen LogP contribution in [0.2, 0.25) is 0 Å². The van der Waals surface area contributed by atoms with Crippen LogP contribution in [0.4, 0.5) is 0 Å². The molecule has 0 unspecified atom stereocenters. The van der Waals surface area contributed by atoms with E-state index in [4.69, 9.17) is 28.2 Å². The summed E-state index contributed by atoms with van der Waals surface area (Å²) in [7, 11) is 0. The molecule has 6 nitrogen and oxygen atoms in total. The number of aromatic nitrogens is 3. The van der Waals surface area contributed by atoms with Gasteiger partial charge in [-0.15, -0.1) is 0 Å². The summed E-state index contributed by atoms with van der Waals surface area (Å²) in [6.07, 6.45) is 0. The van der Waals surface area contributed by atoms with E-state index < -0.39 is 0 Å². The van der Waals surface area contributed by atoms with Crippen LogP contribution in [0.5, 0.6) is 0 Å². The molecule has 310 valence electrons. The van der Waals surface area contributed by atoms with Crippen LogP contribution in [-0.2, 0) is 5.41 Å². The van der Waals surface area contributed by atoms with Crippen molar-refractivity contribution in [3.8, 4) is 67.5 Å². The van der Waals surface area contributed by atoms with Gasteiger partial charge >= 0.3 is 0 Å². The molecule has 0 saturated heterocycles. The third-order valence-corrected chi connectivity index (χ3v) is 13.8. The second-order valence-corrected chi connectivity index (χ2v) is 17.9. The van der Waals surface area contributed by atoms with E-state index in [0.717, 1.165) is 93.6 Å². The molecule has 1 aliphatic rings. The number of rotatable bonds is 5. The van der Waals surface area contributed by atoms with Crippen molar-refractivity contribution >= 4 is 65.8 Å². The lowest BCUT2D eigenvalue weighted by Crippen LogP contribution is -2.14. The van der Waals surface area contributed by atoms with Crippen LogP contribution in [0, 0.1) is 0 Å². The Morgan fingerprint density at radius 1 is 0.318 bits per heavy atom. The van der Waals surface area contributed by atoms with Gasteiger partial charge in [-0.3, -0.25) is 0 Å². The van der Waals surface area contributed by atoms with Gasteiger partial charge in [-0.1, -0.05) is 147 Å². The SMILES string of the molecule is CC1(C)c2ccccc2-c2ccc(-c3cccc(-c4ccc5oc6cccc(-c7nc(-c8cccc9c8oc8ccccc89)nc(-c8cccc9oc%10ccccc%10c89)n7)c6c5c4)c3)cc21. The number of nitrogens with zero attached hydrogens (tertiary/aromatic N) is 3. The van der Waals surface area contributed by atoms with E-state index >= 15 is 0 Å². The lowest BCUT2D eigenvalue weighted by Gasteiger charge is -2.22. The molecule has 1 aliphatic carbocycles. The number of furan rings is 3. The fourth-order valence-electron chi connectivity index (χ4n) is 10.6. The van der Waals surface area contributed by atoms with Crippen molar-refractivity contribution in [1.29, 1.82) is 0 Å². The summed E-state index contributed by atoms with van der Waals surface area (Å²) < 4.78 is 19.5. The molecule has 4 heterocycles. The van der Waals surface area contributed by atoms with Crippen LogP contribution in [-0.4, -0.2) is 15.0 Å². The van der Waals surface area contributed by atoms with Crippen molar-refractivity contribution in [2.24, 2.45) is 0 Å². The fraction of sp³-hybridized carbons (Fsp3) is 0.0500. The Bertz CT molecular complexity index is 4170. The maximum Gasteiger partial charge on any atom is 0.167 e. The lowest BCUT2D eigenvalue weighted by atomic mass is 9.81. The van der Waals surface area contributed by atoms with Gasteiger partial charge in [0, 0.05) is 48.9 Å².